The van der Waals surface area contributed by atoms with E-state index in [1.807, 2.05) is 0 Å². The number of phenolic OH excluding ortho intramolecular Hbond substituents is 1. The predicted molar refractivity (Wildman–Crippen MR) is 55.2 cm³/mol. The Morgan fingerprint density at radius 1 is 1.36 bits per heavy atom. The summed E-state index contributed by atoms with van der Waals surface area (Å²) in [5.74, 6) is 4.84. The zero-order valence-corrected chi connectivity index (χ0v) is 7.99. The Labute approximate surface area is 85.9 Å². The van der Waals surface area contributed by atoms with Crippen molar-refractivity contribution in [3.05, 3.63) is 29.8 Å². The summed E-state index contributed by atoms with van der Waals surface area (Å²) < 4.78 is 0. The third-order valence-electron chi connectivity index (χ3n) is 1.57. The molecule has 0 saturated heterocycles. The first kappa shape index (κ1) is 10.4. The number of amides is 1. The summed E-state index contributed by atoms with van der Waals surface area (Å²) in [5, 5.41) is 9.44. The normalized spacial score (nSPS) is 9.50. The summed E-state index contributed by atoms with van der Waals surface area (Å²) in [6.07, 6.45) is 0. The van der Waals surface area contributed by atoms with Crippen LogP contribution in [0.3, 0.4) is 0 Å². The van der Waals surface area contributed by atoms with Crippen molar-refractivity contribution < 1.29 is 9.90 Å². The second kappa shape index (κ2) is 4.03. The van der Waals surface area contributed by atoms with Gasteiger partial charge in [-0.05, 0) is 36.5 Å². The predicted octanol–water partition coefficient (Wildman–Crippen LogP) is -0.0483. The highest BCUT2D eigenvalue weighted by Crippen LogP contribution is 2.10. The number of nitrogens with two attached hydrogens (primary N) is 2. The van der Waals surface area contributed by atoms with Crippen LogP contribution >= 0.6 is 12.2 Å². The lowest BCUT2D eigenvalue weighted by atomic mass is 10.2. The minimum absolute atomic E-state index is 0.0699. The molecule has 0 aliphatic rings. The lowest BCUT2D eigenvalue weighted by molar-refractivity contribution is 0.0848. The van der Waals surface area contributed by atoms with Crippen LogP contribution in [0.15, 0.2) is 24.3 Å². The third kappa shape index (κ3) is 2.18. The van der Waals surface area contributed by atoms with Crippen molar-refractivity contribution in [2.75, 3.05) is 0 Å². The molecule has 0 heterocycles. The molecule has 0 bridgehead atoms. The minimum Gasteiger partial charge on any atom is -0.508 e. The Bertz CT molecular complexity index is 363. The van der Waals surface area contributed by atoms with Gasteiger partial charge in [0, 0.05) is 5.56 Å². The molecule has 0 radical (unpaired) electrons. The highest BCUT2D eigenvalue weighted by atomic mass is 32.1. The molecule has 6 heteroatoms. The molecular weight excluding hydrogens is 202 g/mol. The second-order valence-electron chi connectivity index (χ2n) is 2.56. The van der Waals surface area contributed by atoms with Crippen molar-refractivity contribution in [2.45, 2.75) is 0 Å². The number of aromatic hydroxyl groups is 1. The molecule has 0 aliphatic heterocycles. The van der Waals surface area contributed by atoms with Crippen LogP contribution in [0.1, 0.15) is 10.4 Å². The quantitative estimate of drug-likeness (QED) is 0.262. The number of phenols is 1. The monoisotopic (exact) mass is 211 g/mol. The van der Waals surface area contributed by atoms with Crippen LogP contribution in [0, 0.1) is 0 Å². The fraction of sp³-hybridized carbons (Fsp3) is 0. The van der Waals surface area contributed by atoms with Crippen molar-refractivity contribution >= 4 is 23.2 Å². The third-order valence-corrected chi connectivity index (χ3v) is 1.77. The molecule has 5 nitrogen and oxygen atoms in total. The van der Waals surface area contributed by atoms with Gasteiger partial charge in [0.25, 0.3) is 5.91 Å². The lowest BCUT2D eigenvalue weighted by Crippen LogP contribution is -2.45. The van der Waals surface area contributed by atoms with E-state index in [9.17, 15) is 4.79 Å². The Morgan fingerprint density at radius 2 is 1.86 bits per heavy atom. The van der Waals surface area contributed by atoms with Gasteiger partial charge >= 0.3 is 0 Å². The summed E-state index contributed by atoms with van der Waals surface area (Å²) in [5.41, 5.74) is 5.47. The van der Waals surface area contributed by atoms with Crippen molar-refractivity contribution in [2.24, 2.45) is 11.6 Å². The smallest absolute Gasteiger partial charge is 0.274 e. The number of carbonyl (C=O) groups excluding carboxylic acids is 1. The molecule has 0 aliphatic carbocycles. The summed E-state index contributed by atoms with van der Waals surface area (Å²) in [6.45, 7) is 0. The summed E-state index contributed by atoms with van der Waals surface area (Å²) in [4.78, 5) is 11.4. The van der Waals surface area contributed by atoms with Gasteiger partial charge in [0.2, 0.25) is 0 Å². The maximum Gasteiger partial charge on any atom is 0.274 e. The number of thiocarbonyl (C=S) groups is 1. The fourth-order valence-corrected chi connectivity index (χ4v) is 0.926. The zero-order chi connectivity index (χ0) is 10.7. The van der Waals surface area contributed by atoms with Gasteiger partial charge in [-0.2, -0.15) is 0 Å². The first-order valence-corrected chi connectivity index (χ1v) is 4.11. The molecular formula is C8H9N3O2S. The number of nitrogens with zero attached hydrogens (tertiary/aromatic N) is 1. The van der Waals surface area contributed by atoms with E-state index in [0.29, 0.717) is 10.6 Å². The van der Waals surface area contributed by atoms with Crippen LogP contribution in [0.4, 0.5) is 0 Å². The van der Waals surface area contributed by atoms with Gasteiger partial charge in [-0.3, -0.25) is 4.79 Å². The van der Waals surface area contributed by atoms with Crippen LogP contribution in [0.2, 0.25) is 0 Å². The molecule has 1 aromatic rings. The standard InChI is InChI=1S/C8H9N3O2S/c9-8(14)11(10)7(13)5-1-3-6(12)4-2-5/h1-4,12H,10H2,(H2,9,14). The van der Waals surface area contributed by atoms with Crippen LogP contribution < -0.4 is 11.6 Å². The number of hydrogen-bond donors (Lipinski definition) is 3. The number of carbonyl (C=O) groups is 1. The minimum atomic E-state index is -0.516. The molecule has 1 aromatic carbocycles. The van der Waals surface area contributed by atoms with Crippen LogP contribution in [-0.2, 0) is 0 Å². The molecule has 0 aromatic heterocycles. The van der Waals surface area contributed by atoms with E-state index < -0.39 is 5.91 Å². The van der Waals surface area contributed by atoms with E-state index >= 15 is 0 Å². The summed E-state index contributed by atoms with van der Waals surface area (Å²) in [6, 6.07) is 5.60. The lowest BCUT2D eigenvalue weighted by Gasteiger charge is -2.13. The summed E-state index contributed by atoms with van der Waals surface area (Å²) in [7, 11) is 0. The average Bonchev–Trinajstić information content (AvgIpc) is 2.16. The van der Waals surface area contributed by atoms with Crippen LogP contribution in [0.25, 0.3) is 0 Å². The van der Waals surface area contributed by atoms with Gasteiger partial charge in [-0.25, -0.2) is 10.9 Å². The van der Waals surface area contributed by atoms with E-state index in [1.165, 1.54) is 24.3 Å². The number of rotatable bonds is 1. The van der Waals surface area contributed by atoms with Gasteiger partial charge in [0.1, 0.15) is 5.75 Å². The van der Waals surface area contributed by atoms with Crippen LogP contribution in [0.5, 0.6) is 5.75 Å². The molecule has 0 saturated carbocycles. The number of hydrogen-bond acceptors (Lipinski definition) is 4. The highest BCUT2D eigenvalue weighted by molar-refractivity contribution is 7.80. The van der Waals surface area contributed by atoms with Gasteiger partial charge in [-0.1, -0.05) is 0 Å². The van der Waals surface area contributed by atoms with Crippen molar-refractivity contribution in [1.82, 2.24) is 5.01 Å². The van der Waals surface area contributed by atoms with E-state index in [4.69, 9.17) is 16.7 Å². The Kier molecular flexibility index (Phi) is 3.00. The Hall–Kier alpha value is -1.66. The molecule has 0 atom stereocenters. The summed E-state index contributed by atoms with van der Waals surface area (Å²) >= 11 is 4.53. The first-order valence-electron chi connectivity index (χ1n) is 3.70. The highest BCUT2D eigenvalue weighted by Gasteiger charge is 2.13. The number of hydrazine groups is 1. The average molecular weight is 211 g/mol. The largest absolute Gasteiger partial charge is 0.508 e. The van der Waals surface area contributed by atoms with E-state index in [1.54, 1.807) is 0 Å². The van der Waals surface area contributed by atoms with Gasteiger partial charge < -0.3 is 10.8 Å². The molecule has 74 valence electrons. The van der Waals surface area contributed by atoms with Gasteiger partial charge in [0.05, 0.1) is 0 Å². The van der Waals surface area contributed by atoms with Crippen molar-refractivity contribution in [1.29, 1.82) is 0 Å². The molecule has 14 heavy (non-hydrogen) atoms. The van der Waals surface area contributed by atoms with Gasteiger partial charge in [0.15, 0.2) is 5.11 Å². The van der Waals surface area contributed by atoms with E-state index in [0.717, 1.165) is 0 Å². The number of benzene rings is 1. The van der Waals surface area contributed by atoms with E-state index in [-0.39, 0.29) is 10.9 Å². The maximum atomic E-state index is 11.4. The Balaban J connectivity index is 2.90. The SMILES string of the molecule is NC(=S)N(N)C(=O)c1ccc(O)cc1. The molecule has 1 amide bonds. The topological polar surface area (TPSA) is 92.6 Å². The second-order valence-corrected chi connectivity index (χ2v) is 2.98. The van der Waals surface area contributed by atoms with Crippen molar-refractivity contribution in [3.63, 3.8) is 0 Å². The molecule has 0 unspecified atom stereocenters. The molecule has 1 rings (SSSR count). The zero-order valence-electron chi connectivity index (χ0n) is 7.18. The molecule has 0 fully saturated rings. The maximum absolute atomic E-state index is 11.4. The van der Waals surface area contributed by atoms with E-state index in [2.05, 4.69) is 12.2 Å². The van der Waals surface area contributed by atoms with Crippen molar-refractivity contribution in [3.8, 4) is 5.75 Å². The van der Waals surface area contributed by atoms with Gasteiger partial charge in [-0.15, -0.1) is 0 Å². The fourth-order valence-electron chi connectivity index (χ4n) is 0.843. The first-order chi connectivity index (χ1) is 6.52. The molecule has 0 spiro atoms. The Morgan fingerprint density at radius 3 is 2.29 bits per heavy atom. The molecule has 5 N–H and O–H groups in total. The van der Waals surface area contributed by atoms with Crippen LogP contribution in [-0.4, -0.2) is 21.1 Å².